The van der Waals surface area contributed by atoms with Crippen molar-refractivity contribution >= 4 is 5.78 Å². The van der Waals surface area contributed by atoms with E-state index in [1.54, 1.807) is 11.9 Å². The highest BCUT2D eigenvalue weighted by Crippen LogP contribution is 2.20. The number of carbonyl (C=O) groups excluding carboxylic acids is 1. The average Bonchev–Trinajstić information content (AvgIpc) is 2.52. The zero-order valence-electron chi connectivity index (χ0n) is 9.65. The van der Waals surface area contributed by atoms with E-state index in [1.165, 1.54) is 0 Å². The lowest BCUT2D eigenvalue weighted by Crippen LogP contribution is -2.28. The Morgan fingerprint density at radius 2 is 2.25 bits per heavy atom. The van der Waals surface area contributed by atoms with Gasteiger partial charge >= 0.3 is 5.70 Å². The molecule has 0 amide bonds. The highest BCUT2D eigenvalue weighted by atomic mass is 16.6. The summed E-state index contributed by atoms with van der Waals surface area (Å²) in [4.78, 5) is 23.5. The van der Waals surface area contributed by atoms with Gasteiger partial charge in [-0.15, -0.1) is 0 Å². The predicted octanol–water partition coefficient (Wildman–Crippen LogP) is 0.379. The molecule has 0 atom stereocenters. The Morgan fingerprint density at radius 3 is 2.75 bits per heavy atom. The summed E-state index contributed by atoms with van der Waals surface area (Å²) in [6.07, 6.45) is 1.94. The molecule has 6 nitrogen and oxygen atoms in total. The maximum atomic E-state index is 11.5. The summed E-state index contributed by atoms with van der Waals surface area (Å²) in [7, 11) is 1.71. The normalized spacial score (nSPS) is 16.1. The van der Waals surface area contributed by atoms with Gasteiger partial charge in [-0.25, -0.2) is 0 Å². The Kier molecular flexibility index (Phi) is 4.42. The molecule has 1 aliphatic heterocycles. The second-order valence-corrected chi connectivity index (χ2v) is 3.78. The lowest BCUT2D eigenvalue weighted by Gasteiger charge is -2.19. The average molecular weight is 227 g/mol. The highest BCUT2D eigenvalue weighted by molar-refractivity contribution is 5.97. The minimum atomic E-state index is -0.568. The van der Waals surface area contributed by atoms with Gasteiger partial charge < -0.3 is 10.2 Å². The first-order valence-electron chi connectivity index (χ1n) is 5.42. The monoisotopic (exact) mass is 227 g/mol. The number of unbranched alkanes of at least 4 members (excludes halogenated alkanes) is 1. The molecule has 0 spiro atoms. The summed E-state index contributed by atoms with van der Waals surface area (Å²) in [5, 5.41) is 13.7. The van der Waals surface area contributed by atoms with E-state index in [1.807, 2.05) is 6.92 Å². The number of rotatable bonds is 6. The number of Topliss-reactive ketones (excluding diaryl/α,β-unsaturated/α-hetero) is 1. The van der Waals surface area contributed by atoms with Crippen LogP contribution in [0.15, 0.2) is 11.4 Å². The fourth-order valence-electron chi connectivity index (χ4n) is 1.79. The van der Waals surface area contributed by atoms with Crippen molar-refractivity contribution in [3.8, 4) is 0 Å². The zero-order chi connectivity index (χ0) is 12.1. The van der Waals surface area contributed by atoms with Gasteiger partial charge in [0.2, 0.25) is 0 Å². The summed E-state index contributed by atoms with van der Waals surface area (Å²) in [6, 6.07) is 0. The first-order valence-corrected chi connectivity index (χ1v) is 5.42. The third-order valence-corrected chi connectivity index (χ3v) is 2.56. The van der Waals surface area contributed by atoms with Crippen molar-refractivity contribution in [3.63, 3.8) is 0 Å². The molecule has 0 unspecified atom stereocenters. The number of hydrogen-bond acceptors (Lipinski definition) is 5. The molecule has 0 radical (unpaired) electrons. The molecule has 0 fully saturated rings. The molecule has 0 bridgehead atoms. The molecule has 0 aromatic heterocycles. The summed E-state index contributed by atoms with van der Waals surface area (Å²) < 4.78 is 0. The van der Waals surface area contributed by atoms with E-state index in [0.29, 0.717) is 18.8 Å². The predicted molar refractivity (Wildman–Crippen MR) is 59.4 cm³/mol. The van der Waals surface area contributed by atoms with E-state index >= 15 is 0 Å². The van der Waals surface area contributed by atoms with Crippen LogP contribution in [0.4, 0.5) is 0 Å². The van der Waals surface area contributed by atoms with Crippen molar-refractivity contribution in [3.05, 3.63) is 21.5 Å². The van der Waals surface area contributed by atoms with Crippen molar-refractivity contribution in [2.75, 3.05) is 26.7 Å². The molecule has 0 saturated heterocycles. The van der Waals surface area contributed by atoms with E-state index in [-0.39, 0.29) is 18.0 Å². The second kappa shape index (κ2) is 5.60. The fraction of sp³-hybridized carbons (Fsp3) is 0.700. The lowest BCUT2D eigenvalue weighted by atomic mass is 10.3. The summed E-state index contributed by atoms with van der Waals surface area (Å²) in [5.74, 6) is -0.383. The molecular weight excluding hydrogens is 210 g/mol. The molecule has 1 heterocycles. The Morgan fingerprint density at radius 1 is 1.56 bits per heavy atom. The summed E-state index contributed by atoms with van der Waals surface area (Å²) >= 11 is 0. The standard InChI is InChI=1S/C10H17N3O3/c1-3-4-5-12-7-9(14)10(13(15)16)8(12)6-11-2/h11H,3-7H2,1-2H3. The minimum absolute atomic E-state index is 0.146. The highest BCUT2D eigenvalue weighted by Gasteiger charge is 2.37. The van der Waals surface area contributed by atoms with E-state index < -0.39 is 4.92 Å². The van der Waals surface area contributed by atoms with Crippen LogP contribution >= 0.6 is 0 Å². The smallest absolute Gasteiger partial charge is 0.334 e. The van der Waals surface area contributed by atoms with Crippen LogP contribution < -0.4 is 5.32 Å². The van der Waals surface area contributed by atoms with Gasteiger partial charge in [0, 0.05) is 13.1 Å². The van der Waals surface area contributed by atoms with Gasteiger partial charge in [-0.05, 0) is 13.5 Å². The largest absolute Gasteiger partial charge is 0.360 e. The second-order valence-electron chi connectivity index (χ2n) is 3.78. The Bertz CT molecular complexity index is 325. The van der Waals surface area contributed by atoms with Crippen molar-refractivity contribution in [1.82, 2.24) is 10.2 Å². The topological polar surface area (TPSA) is 75.5 Å². The van der Waals surface area contributed by atoms with Gasteiger partial charge in [-0.1, -0.05) is 13.3 Å². The van der Waals surface area contributed by atoms with Gasteiger partial charge in [0.1, 0.15) is 5.70 Å². The number of ketones is 1. The first-order chi connectivity index (χ1) is 7.61. The maximum absolute atomic E-state index is 11.5. The summed E-state index contributed by atoms with van der Waals surface area (Å²) in [6.45, 7) is 3.27. The van der Waals surface area contributed by atoms with Gasteiger partial charge in [0.15, 0.2) is 0 Å². The number of hydrogen-bond donors (Lipinski definition) is 1. The minimum Gasteiger partial charge on any atom is -0.360 e. The molecule has 0 aromatic rings. The molecule has 16 heavy (non-hydrogen) atoms. The van der Waals surface area contributed by atoms with Crippen LogP contribution in [0.5, 0.6) is 0 Å². The lowest BCUT2D eigenvalue weighted by molar-refractivity contribution is -0.419. The molecule has 1 rings (SSSR count). The van der Waals surface area contributed by atoms with Crippen LogP contribution in [0, 0.1) is 10.1 Å². The number of likely N-dealkylation sites (N-methyl/N-ethyl adjacent to an activating group) is 1. The molecule has 0 saturated carbocycles. The number of nitro groups is 1. The van der Waals surface area contributed by atoms with Crippen molar-refractivity contribution in [2.45, 2.75) is 19.8 Å². The maximum Gasteiger partial charge on any atom is 0.334 e. The molecule has 1 N–H and O–H groups in total. The fourth-order valence-corrected chi connectivity index (χ4v) is 1.79. The van der Waals surface area contributed by atoms with E-state index in [2.05, 4.69) is 5.32 Å². The first kappa shape index (κ1) is 12.6. The van der Waals surface area contributed by atoms with Crippen LogP contribution in [-0.2, 0) is 4.79 Å². The van der Waals surface area contributed by atoms with E-state index in [9.17, 15) is 14.9 Å². The van der Waals surface area contributed by atoms with Gasteiger partial charge in [0.05, 0.1) is 11.5 Å². The molecule has 0 aliphatic carbocycles. The third kappa shape index (κ3) is 2.57. The van der Waals surface area contributed by atoms with Crippen molar-refractivity contribution in [1.29, 1.82) is 0 Å². The Hall–Kier alpha value is -1.43. The molecule has 6 heteroatoms. The summed E-state index contributed by atoms with van der Waals surface area (Å²) in [5.41, 5.74) is 0.274. The van der Waals surface area contributed by atoms with Crippen LogP contribution in [0.3, 0.4) is 0 Å². The van der Waals surface area contributed by atoms with Crippen molar-refractivity contribution in [2.24, 2.45) is 0 Å². The van der Waals surface area contributed by atoms with Crippen molar-refractivity contribution < 1.29 is 9.72 Å². The van der Waals surface area contributed by atoms with Crippen LogP contribution in [0.25, 0.3) is 0 Å². The van der Waals surface area contributed by atoms with Crippen LogP contribution in [0.2, 0.25) is 0 Å². The van der Waals surface area contributed by atoms with Gasteiger partial charge in [0.25, 0.3) is 5.78 Å². The molecule has 1 aliphatic rings. The third-order valence-electron chi connectivity index (χ3n) is 2.56. The molecular formula is C10H17N3O3. The Balaban J connectivity index is 2.89. The van der Waals surface area contributed by atoms with Gasteiger partial charge in [-0.2, -0.15) is 0 Å². The Labute approximate surface area is 94.5 Å². The van der Waals surface area contributed by atoms with E-state index in [0.717, 1.165) is 12.8 Å². The number of carbonyl (C=O) groups is 1. The van der Waals surface area contributed by atoms with E-state index in [4.69, 9.17) is 0 Å². The zero-order valence-corrected chi connectivity index (χ0v) is 9.65. The number of nitrogens with one attached hydrogen (secondary N) is 1. The van der Waals surface area contributed by atoms with Crippen LogP contribution in [-0.4, -0.2) is 42.3 Å². The van der Waals surface area contributed by atoms with Crippen LogP contribution in [0.1, 0.15) is 19.8 Å². The SMILES string of the molecule is CCCCN1CC(=O)C([N+](=O)[O-])=C1CNC. The molecule has 90 valence electrons. The quantitative estimate of drug-likeness (QED) is 0.524. The molecule has 0 aromatic carbocycles. The number of nitrogens with zero attached hydrogens (tertiary/aromatic N) is 2. The van der Waals surface area contributed by atoms with Gasteiger partial charge in [-0.3, -0.25) is 14.9 Å².